The summed E-state index contributed by atoms with van der Waals surface area (Å²) >= 11 is 0. The quantitative estimate of drug-likeness (QED) is 0.586. The van der Waals surface area contributed by atoms with E-state index in [2.05, 4.69) is 23.2 Å². The Labute approximate surface area is 165 Å². The van der Waals surface area contributed by atoms with Crippen LogP contribution in [0.3, 0.4) is 0 Å². The molecule has 0 radical (unpaired) electrons. The molecule has 1 N–H and O–H groups in total. The van der Waals surface area contributed by atoms with Crippen molar-refractivity contribution in [2.24, 2.45) is 5.92 Å². The summed E-state index contributed by atoms with van der Waals surface area (Å²) in [5, 5.41) is 14.0. The minimum absolute atomic E-state index is 0.00294. The number of hydrogen-bond donors (Lipinski definition) is 1. The SMILES string of the molecule is C[C@@H]1CCCN(Cc2ccccc2CNC(=O)Cc2ccccc2[N+](=O)[O-])C1. The molecular weight excluding hydrogens is 354 g/mol. The van der Waals surface area contributed by atoms with Crippen molar-refractivity contribution in [3.05, 3.63) is 75.3 Å². The largest absolute Gasteiger partial charge is 0.352 e. The van der Waals surface area contributed by atoms with Gasteiger partial charge in [-0.25, -0.2) is 0 Å². The summed E-state index contributed by atoms with van der Waals surface area (Å²) in [6.45, 7) is 5.84. The number of nitro benzene ring substituents is 1. The van der Waals surface area contributed by atoms with E-state index in [0.29, 0.717) is 12.1 Å². The van der Waals surface area contributed by atoms with Crippen LogP contribution in [0.15, 0.2) is 48.5 Å². The molecule has 1 saturated heterocycles. The average molecular weight is 381 g/mol. The molecule has 1 heterocycles. The van der Waals surface area contributed by atoms with Gasteiger partial charge in [-0.2, -0.15) is 0 Å². The molecule has 1 atom stereocenters. The fraction of sp³-hybridized carbons (Fsp3) is 0.409. The zero-order chi connectivity index (χ0) is 19.9. The van der Waals surface area contributed by atoms with Crippen molar-refractivity contribution in [3.8, 4) is 0 Å². The maximum absolute atomic E-state index is 12.4. The Kier molecular flexibility index (Phi) is 6.76. The third kappa shape index (κ3) is 5.39. The van der Waals surface area contributed by atoms with Gasteiger partial charge in [-0.15, -0.1) is 0 Å². The maximum atomic E-state index is 12.4. The van der Waals surface area contributed by atoms with Crippen LogP contribution in [-0.4, -0.2) is 28.8 Å². The highest BCUT2D eigenvalue weighted by molar-refractivity contribution is 5.79. The van der Waals surface area contributed by atoms with E-state index < -0.39 is 4.92 Å². The van der Waals surface area contributed by atoms with Crippen molar-refractivity contribution < 1.29 is 9.72 Å². The molecule has 6 nitrogen and oxygen atoms in total. The van der Waals surface area contributed by atoms with Gasteiger partial charge in [0.1, 0.15) is 0 Å². The Morgan fingerprint density at radius 3 is 2.54 bits per heavy atom. The maximum Gasteiger partial charge on any atom is 0.273 e. The lowest BCUT2D eigenvalue weighted by Crippen LogP contribution is -2.34. The summed E-state index contributed by atoms with van der Waals surface area (Å²) in [5.74, 6) is 0.512. The van der Waals surface area contributed by atoms with E-state index in [0.717, 1.165) is 31.1 Å². The molecule has 28 heavy (non-hydrogen) atoms. The van der Waals surface area contributed by atoms with E-state index >= 15 is 0 Å². The molecule has 0 saturated carbocycles. The van der Waals surface area contributed by atoms with Crippen molar-refractivity contribution in [3.63, 3.8) is 0 Å². The lowest BCUT2D eigenvalue weighted by Gasteiger charge is -2.31. The van der Waals surface area contributed by atoms with Crippen LogP contribution in [0, 0.1) is 16.0 Å². The van der Waals surface area contributed by atoms with E-state index in [1.54, 1.807) is 18.2 Å². The first kappa shape index (κ1) is 20.0. The number of likely N-dealkylation sites (tertiary alicyclic amines) is 1. The molecule has 1 amide bonds. The molecule has 0 aliphatic carbocycles. The smallest absolute Gasteiger partial charge is 0.273 e. The number of hydrogen-bond acceptors (Lipinski definition) is 4. The van der Waals surface area contributed by atoms with Crippen LogP contribution < -0.4 is 5.32 Å². The Balaban J connectivity index is 1.60. The third-order valence-electron chi connectivity index (χ3n) is 5.27. The molecule has 1 aliphatic rings. The summed E-state index contributed by atoms with van der Waals surface area (Å²) in [7, 11) is 0. The van der Waals surface area contributed by atoms with E-state index in [1.807, 2.05) is 18.2 Å². The van der Waals surface area contributed by atoms with Gasteiger partial charge in [0, 0.05) is 31.3 Å². The number of nitrogens with zero attached hydrogens (tertiary/aromatic N) is 2. The number of nitrogens with one attached hydrogen (secondary N) is 1. The van der Waals surface area contributed by atoms with E-state index in [1.165, 1.54) is 24.5 Å². The van der Waals surface area contributed by atoms with E-state index in [4.69, 9.17) is 0 Å². The topological polar surface area (TPSA) is 75.5 Å². The number of para-hydroxylation sites is 1. The molecule has 1 aliphatic heterocycles. The molecule has 6 heteroatoms. The van der Waals surface area contributed by atoms with Gasteiger partial charge in [0.15, 0.2) is 0 Å². The van der Waals surface area contributed by atoms with Crippen molar-refractivity contribution >= 4 is 11.6 Å². The third-order valence-corrected chi connectivity index (χ3v) is 5.27. The highest BCUT2D eigenvalue weighted by Gasteiger charge is 2.18. The number of benzene rings is 2. The predicted molar refractivity (Wildman–Crippen MR) is 109 cm³/mol. The molecule has 1 fully saturated rings. The number of piperidine rings is 1. The fourth-order valence-corrected chi connectivity index (χ4v) is 3.82. The minimum Gasteiger partial charge on any atom is -0.352 e. The normalized spacial score (nSPS) is 17.2. The summed E-state index contributed by atoms with van der Waals surface area (Å²) in [4.78, 5) is 25.5. The fourth-order valence-electron chi connectivity index (χ4n) is 3.82. The molecular formula is C22H27N3O3. The number of carbonyl (C=O) groups is 1. The van der Waals surface area contributed by atoms with Gasteiger partial charge in [-0.05, 0) is 36.4 Å². The molecule has 3 rings (SSSR count). The summed E-state index contributed by atoms with van der Waals surface area (Å²) in [5.41, 5.74) is 2.73. The van der Waals surface area contributed by atoms with E-state index in [9.17, 15) is 14.9 Å². The first-order valence-electron chi connectivity index (χ1n) is 9.81. The molecule has 2 aromatic carbocycles. The number of amides is 1. The first-order valence-corrected chi connectivity index (χ1v) is 9.81. The van der Waals surface area contributed by atoms with Crippen molar-refractivity contribution in [2.45, 2.75) is 39.3 Å². The predicted octanol–water partition coefficient (Wildman–Crippen LogP) is 3.69. The Morgan fingerprint density at radius 2 is 1.82 bits per heavy atom. The van der Waals surface area contributed by atoms with Gasteiger partial charge in [0.05, 0.1) is 11.3 Å². The second kappa shape index (κ2) is 9.46. The Bertz CT molecular complexity index is 837. The highest BCUT2D eigenvalue weighted by atomic mass is 16.6. The second-order valence-corrected chi connectivity index (χ2v) is 7.59. The monoisotopic (exact) mass is 381 g/mol. The highest BCUT2D eigenvalue weighted by Crippen LogP contribution is 2.20. The second-order valence-electron chi connectivity index (χ2n) is 7.59. The Morgan fingerprint density at radius 1 is 1.14 bits per heavy atom. The molecule has 0 bridgehead atoms. The lowest BCUT2D eigenvalue weighted by molar-refractivity contribution is -0.385. The van der Waals surface area contributed by atoms with Crippen LogP contribution >= 0.6 is 0 Å². The van der Waals surface area contributed by atoms with Crippen molar-refractivity contribution in [2.75, 3.05) is 13.1 Å². The average Bonchev–Trinajstić information content (AvgIpc) is 2.67. The summed E-state index contributed by atoms with van der Waals surface area (Å²) < 4.78 is 0. The van der Waals surface area contributed by atoms with Gasteiger partial charge in [0.2, 0.25) is 5.91 Å². The van der Waals surface area contributed by atoms with Crippen LogP contribution in [0.5, 0.6) is 0 Å². The van der Waals surface area contributed by atoms with Crippen LogP contribution in [0.4, 0.5) is 5.69 Å². The number of carbonyl (C=O) groups excluding carboxylic acids is 1. The van der Waals surface area contributed by atoms with Crippen LogP contribution in [0.25, 0.3) is 0 Å². The van der Waals surface area contributed by atoms with Gasteiger partial charge in [0.25, 0.3) is 5.69 Å². The standard InChI is InChI=1S/C22H27N3O3/c1-17-7-6-12-24(15-17)16-20-10-3-2-9-19(20)14-23-22(26)13-18-8-4-5-11-21(18)25(27)28/h2-5,8-11,17H,6-7,12-16H2,1H3,(H,23,26)/t17-/m1/s1. The van der Waals surface area contributed by atoms with Gasteiger partial charge in [-0.3, -0.25) is 19.8 Å². The van der Waals surface area contributed by atoms with E-state index in [-0.39, 0.29) is 18.0 Å². The minimum atomic E-state index is -0.447. The molecule has 148 valence electrons. The van der Waals surface area contributed by atoms with Crippen LogP contribution in [0.1, 0.15) is 36.5 Å². The zero-order valence-corrected chi connectivity index (χ0v) is 16.3. The van der Waals surface area contributed by atoms with Crippen LogP contribution in [-0.2, 0) is 24.3 Å². The Hall–Kier alpha value is -2.73. The molecule has 0 aromatic heterocycles. The zero-order valence-electron chi connectivity index (χ0n) is 16.3. The number of rotatable bonds is 7. The summed E-state index contributed by atoms with van der Waals surface area (Å²) in [6.07, 6.45) is 2.53. The molecule has 2 aromatic rings. The van der Waals surface area contributed by atoms with Crippen LogP contribution in [0.2, 0.25) is 0 Å². The summed E-state index contributed by atoms with van der Waals surface area (Å²) in [6, 6.07) is 14.5. The van der Waals surface area contributed by atoms with Gasteiger partial charge < -0.3 is 5.32 Å². The first-order chi connectivity index (χ1) is 13.5. The van der Waals surface area contributed by atoms with Crippen molar-refractivity contribution in [1.82, 2.24) is 10.2 Å². The number of nitro groups is 1. The molecule has 0 spiro atoms. The van der Waals surface area contributed by atoms with Gasteiger partial charge in [-0.1, -0.05) is 49.4 Å². The lowest BCUT2D eigenvalue weighted by atomic mass is 9.99. The van der Waals surface area contributed by atoms with Crippen molar-refractivity contribution in [1.29, 1.82) is 0 Å². The van der Waals surface area contributed by atoms with Gasteiger partial charge >= 0.3 is 0 Å². The molecule has 0 unspecified atom stereocenters.